The smallest absolute Gasteiger partial charge is 0.227 e. The zero-order chi connectivity index (χ0) is 31.6. The van der Waals surface area contributed by atoms with Crippen molar-refractivity contribution in [2.75, 3.05) is 17.2 Å². The van der Waals surface area contributed by atoms with Crippen LogP contribution in [-0.4, -0.2) is 75.7 Å². The second-order valence-corrected chi connectivity index (χ2v) is 12.2. The molecule has 5 aromatic rings. The first-order valence-corrected chi connectivity index (χ1v) is 16.0. The van der Waals surface area contributed by atoms with E-state index in [-0.39, 0.29) is 18.0 Å². The molecule has 3 aromatic heterocycles. The van der Waals surface area contributed by atoms with Gasteiger partial charge in [0.1, 0.15) is 24.1 Å². The van der Waals surface area contributed by atoms with Crippen LogP contribution in [-0.2, 0) is 11.2 Å². The lowest BCUT2D eigenvalue weighted by Crippen LogP contribution is -2.33. The predicted octanol–water partition coefficient (Wildman–Crippen LogP) is 3.42. The summed E-state index contributed by atoms with van der Waals surface area (Å²) in [5.41, 5.74) is 9.51. The number of rotatable bonds is 10. The maximum absolute atomic E-state index is 11.2. The molecule has 7 N–H and O–H groups in total. The maximum Gasteiger partial charge on any atom is 0.227 e. The lowest BCUT2D eigenvalue weighted by Gasteiger charge is -2.27. The van der Waals surface area contributed by atoms with Gasteiger partial charge in [0.25, 0.3) is 0 Å². The summed E-state index contributed by atoms with van der Waals surface area (Å²) in [4.78, 5) is 17.5. The molecule has 2 aromatic carbocycles. The Kier molecular flexibility index (Phi) is 8.63. The molecule has 13 heteroatoms. The molecule has 1 aliphatic carbocycles. The van der Waals surface area contributed by atoms with Gasteiger partial charge in [-0.05, 0) is 36.8 Å². The Hall–Kier alpha value is -4.43. The van der Waals surface area contributed by atoms with E-state index in [0.717, 1.165) is 25.7 Å². The maximum atomic E-state index is 11.2. The number of anilines is 2. The van der Waals surface area contributed by atoms with Crippen LogP contribution in [0.3, 0.4) is 0 Å². The van der Waals surface area contributed by atoms with Crippen LogP contribution in [0.2, 0.25) is 0 Å². The molecule has 1 aliphatic heterocycles. The van der Waals surface area contributed by atoms with Crippen molar-refractivity contribution in [3.63, 3.8) is 0 Å². The van der Waals surface area contributed by atoms with Gasteiger partial charge < -0.3 is 36.3 Å². The molecule has 4 heterocycles. The molecule has 0 unspecified atom stereocenters. The SMILES string of the molecule is CCc1nnc([C@H]2O[C@@H](n3cnc4c(NCC(c5ccccc5)c5ccccc5)nc(NC5CCC(N)CC5)nc43)[C@H](O)[C@@H]2O)[nH]1. The fraction of sp³-hybridized carbons (Fsp3) is 0.424. The van der Waals surface area contributed by atoms with Gasteiger partial charge in [-0.25, -0.2) is 4.98 Å². The number of imidazole rings is 1. The number of aliphatic hydroxyl groups is 2. The van der Waals surface area contributed by atoms with Crippen LogP contribution in [0.25, 0.3) is 11.2 Å². The van der Waals surface area contributed by atoms with E-state index >= 15 is 0 Å². The minimum atomic E-state index is -1.26. The number of aliphatic hydroxyl groups excluding tert-OH is 2. The van der Waals surface area contributed by atoms with Gasteiger partial charge in [0.05, 0.1) is 6.33 Å². The number of nitrogens with one attached hydrogen (secondary N) is 3. The van der Waals surface area contributed by atoms with Gasteiger partial charge in [0.2, 0.25) is 5.95 Å². The number of hydrogen-bond acceptors (Lipinski definition) is 11. The zero-order valence-electron chi connectivity index (χ0n) is 25.7. The molecule has 0 bridgehead atoms. The quantitative estimate of drug-likeness (QED) is 0.134. The minimum Gasteiger partial charge on any atom is -0.387 e. The van der Waals surface area contributed by atoms with E-state index in [1.807, 2.05) is 43.3 Å². The Bertz CT molecular complexity index is 1700. The summed E-state index contributed by atoms with van der Waals surface area (Å²) in [6, 6.07) is 21.1. The monoisotopic (exact) mass is 624 g/mol. The van der Waals surface area contributed by atoms with Gasteiger partial charge in [-0.2, -0.15) is 9.97 Å². The first kappa shape index (κ1) is 30.2. The summed E-state index contributed by atoms with van der Waals surface area (Å²) in [6.45, 7) is 2.51. The molecule has 13 nitrogen and oxygen atoms in total. The zero-order valence-corrected chi connectivity index (χ0v) is 25.7. The van der Waals surface area contributed by atoms with Crippen LogP contribution in [0.4, 0.5) is 11.8 Å². The molecule has 2 aliphatic rings. The molecule has 7 rings (SSSR count). The van der Waals surface area contributed by atoms with Crippen LogP contribution in [0.15, 0.2) is 67.0 Å². The number of nitrogens with zero attached hydrogens (tertiary/aromatic N) is 6. The molecule has 2 fully saturated rings. The van der Waals surface area contributed by atoms with Crippen molar-refractivity contribution in [3.8, 4) is 0 Å². The number of hydrogen-bond donors (Lipinski definition) is 6. The number of ether oxygens (including phenoxy) is 1. The summed E-state index contributed by atoms with van der Waals surface area (Å²) in [5, 5.41) is 37.5. The highest BCUT2D eigenvalue weighted by atomic mass is 16.6. The fourth-order valence-electron chi connectivity index (χ4n) is 6.45. The Morgan fingerprint density at radius 1 is 0.957 bits per heavy atom. The van der Waals surface area contributed by atoms with Gasteiger partial charge in [-0.3, -0.25) is 4.57 Å². The summed E-state index contributed by atoms with van der Waals surface area (Å²) in [7, 11) is 0. The molecule has 1 saturated carbocycles. The second kappa shape index (κ2) is 13.1. The molecule has 240 valence electrons. The molecule has 0 amide bonds. The third-order valence-corrected chi connectivity index (χ3v) is 9.07. The Morgan fingerprint density at radius 3 is 2.30 bits per heavy atom. The van der Waals surface area contributed by atoms with E-state index in [2.05, 4.69) is 55.1 Å². The van der Waals surface area contributed by atoms with Gasteiger partial charge in [-0.15, -0.1) is 10.2 Å². The first-order valence-electron chi connectivity index (χ1n) is 16.0. The number of benzene rings is 2. The van der Waals surface area contributed by atoms with Crippen molar-refractivity contribution in [3.05, 3.63) is 89.8 Å². The first-order chi connectivity index (χ1) is 22.5. The van der Waals surface area contributed by atoms with E-state index in [1.165, 1.54) is 11.1 Å². The lowest BCUT2D eigenvalue weighted by molar-refractivity contribution is -0.0382. The third-order valence-electron chi connectivity index (χ3n) is 9.07. The van der Waals surface area contributed by atoms with Crippen molar-refractivity contribution in [2.45, 2.75) is 81.6 Å². The van der Waals surface area contributed by atoms with Crippen LogP contribution < -0.4 is 16.4 Å². The number of nitrogens with two attached hydrogens (primary N) is 1. The average molecular weight is 625 g/mol. The molecule has 46 heavy (non-hydrogen) atoms. The predicted molar refractivity (Wildman–Crippen MR) is 173 cm³/mol. The van der Waals surface area contributed by atoms with Gasteiger partial charge in [0, 0.05) is 31.0 Å². The third kappa shape index (κ3) is 6.06. The van der Waals surface area contributed by atoms with Crippen molar-refractivity contribution >= 4 is 22.9 Å². The Balaban J connectivity index is 1.23. The molecule has 4 atom stereocenters. The summed E-state index contributed by atoms with van der Waals surface area (Å²) >= 11 is 0. The van der Waals surface area contributed by atoms with Crippen molar-refractivity contribution in [1.29, 1.82) is 0 Å². The number of H-pyrrole nitrogens is 1. The van der Waals surface area contributed by atoms with E-state index in [9.17, 15) is 10.2 Å². The number of aromatic nitrogens is 7. The Labute approximate surface area is 266 Å². The average Bonchev–Trinajstić information content (AvgIpc) is 3.81. The normalized spacial score (nSPS) is 24.9. The standard InChI is InChI=1S/C33H40N10O3/c1-2-24-38-30(42-41-24)28-26(44)27(45)32(46-28)43-18-36-25-29(39-33(40-31(25)43)37-22-15-13-21(34)14-16-22)35-17-23(19-9-5-3-6-10-19)20-11-7-4-8-12-20/h3-12,18,21-23,26-28,32,44-45H,2,13-17,34H2,1H3,(H,38,41,42)(H2,35,37,39,40)/t21?,22?,26-,27+,28-,32+/m0/s1. The van der Waals surface area contributed by atoms with Crippen LogP contribution in [0.1, 0.15) is 73.6 Å². The summed E-state index contributed by atoms with van der Waals surface area (Å²) in [6.07, 6.45) is 1.56. The molecular formula is C33H40N10O3. The van der Waals surface area contributed by atoms with Crippen LogP contribution in [0.5, 0.6) is 0 Å². The van der Waals surface area contributed by atoms with Crippen LogP contribution in [0, 0.1) is 0 Å². The van der Waals surface area contributed by atoms with E-state index in [4.69, 9.17) is 20.4 Å². The fourth-order valence-corrected chi connectivity index (χ4v) is 6.45. The number of aromatic amines is 1. The summed E-state index contributed by atoms with van der Waals surface area (Å²) in [5.74, 6) is 2.09. The van der Waals surface area contributed by atoms with Crippen molar-refractivity contribution < 1.29 is 14.9 Å². The van der Waals surface area contributed by atoms with Crippen molar-refractivity contribution in [1.82, 2.24) is 34.7 Å². The molecule has 1 saturated heterocycles. The van der Waals surface area contributed by atoms with E-state index in [0.29, 0.717) is 47.5 Å². The van der Waals surface area contributed by atoms with Crippen molar-refractivity contribution in [2.24, 2.45) is 5.73 Å². The Morgan fingerprint density at radius 2 is 1.65 bits per heavy atom. The number of aryl methyl sites for hydroxylation is 1. The van der Waals surface area contributed by atoms with Crippen LogP contribution >= 0.6 is 0 Å². The van der Waals surface area contributed by atoms with Gasteiger partial charge in [0.15, 0.2) is 29.0 Å². The molecular weight excluding hydrogens is 584 g/mol. The lowest BCUT2D eigenvalue weighted by atomic mass is 9.91. The highest BCUT2D eigenvalue weighted by Gasteiger charge is 2.46. The highest BCUT2D eigenvalue weighted by molar-refractivity contribution is 5.84. The topological polar surface area (TPSA) is 185 Å². The molecule has 0 spiro atoms. The summed E-state index contributed by atoms with van der Waals surface area (Å²) < 4.78 is 7.87. The van der Waals surface area contributed by atoms with Gasteiger partial charge >= 0.3 is 0 Å². The second-order valence-electron chi connectivity index (χ2n) is 12.2. The van der Waals surface area contributed by atoms with E-state index in [1.54, 1.807) is 10.9 Å². The molecule has 0 radical (unpaired) electrons. The minimum absolute atomic E-state index is 0.0524. The highest BCUT2D eigenvalue weighted by Crippen LogP contribution is 2.39. The number of fused-ring (bicyclic) bond motifs is 1. The largest absolute Gasteiger partial charge is 0.387 e. The van der Waals surface area contributed by atoms with Gasteiger partial charge in [-0.1, -0.05) is 67.6 Å². The van der Waals surface area contributed by atoms with E-state index < -0.39 is 24.5 Å².